The van der Waals surface area contributed by atoms with Gasteiger partial charge in [0.2, 0.25) is 29.5 Å². The number of aryl methyl sites for hydroxylation is 1. The molecule has 7 amide bonds. The summed E-state index contributed by atoms with van der Waals surface area (Å²) in [5.74, 6) is -3.07. The Morgan fingerprint density at radius 2 is 1.50 bits per heavy atom. The van der Waals surface area contributed by atoms with Gasteiger partial charge in [0, 0.05) is 55.7 Å². The zero-order chi connectivity index (χ0) is 66.6. The first-order valence-corrected chi connectivity index (χ1v) is 33.8. The van der Waals surface area contributed by atoms with E-state index in [0.717, 1.165) is 56.3 Å². The molecule has 0 spiro atoms. The van der Waals surface area contributed by atoms with Gasteiger partial charge in [-0.15, -0.1) is 22.7 Å². The number of ether oxygens (including phenoxy) is 2. The van der Waals surface area contributed by atoms with Gasteiger partial charge in [-0.1, -0.05) is 108 Å². The number of benzene rings is 4. The molecule has 9 rings (SSSR count). The molecule has 0 aliphatic carbocycles. The van der Waals surface area contributed by atoms with Crippen LogP contribution in [-0.4, -0.2) is 146 Å². The lowest BCUT2D eigenvalue weighted by atomic mass is 9.84. The number of unbranched alkanes of at least 4 members (excludes halogenated alkanes) is 1. The number of aliphatic hydroxyl groups excluding tert-OH is 1. The maximum Gasteiger partial charge on any atom is 0.399 e. The van der Waals surface area contributed by atoms with Crippen molar-refractivity contribution >= 4 is 81.7 Å². The summed E-state index contributed by atoms with van der Waals surface area (Å²) in [6.07, 6.45) is -0.433. The standard InChI is InChI=1S/C66H79F2N8O13PS2/c1-38(40-17-19-42(20-18-40)56-39(2)70-37-91-56)71-59(80)49-32-47(77)34-76(49)62(83)57(64(3,4)5)72-54(78)16-12-13-25-69-55(79)36-89-48-23-21-43-30-50(61(82)74-26-27-88-51(35-74)41-14-10-9-11-15-41)75(33-45(43)29-48)63(84)58(65(6,7)8)73-60(81)53-31-44-28-46(22-24-52(44)92-53)66(67,68)90(85,86)87/h9-11,14-15,17-24,28-29,31,37-38,47,49-51,57-58,77H,12-13,16,25-27,30,32-36H2,1-8H3,(H,69,79)(H,71,80)(H,72,78)(H,73,81)(H2,85,86,87)/t38-,47+,49-,50-,51-,57+,58+/m0/s1. The average molecular weight is 1330 g/mol. The molecule has 6 aromatic rings. The first kappa shape index (κ1) is 68.8. The third kappa shape index (κ3) is 16.1. The topological polar surface area (TPSA) is 286 Å². The van der Waals surface area contributed by atoms with Crippen molar-refractivity contribution in [2.45, 2.75) is 142 Å². The van der Waals surface area contributed by atoms with Crippen LogP contribution in [-0.2, 0) is 56.7 Å². The molecule has 3 aliphatic heterocycles. The fourth-order valence-corrected chi connectivity index (χ4v) is 13.9. The number of hydrogen-bond donors (Lipinski definition) is 7. The third-order valence-electron chi connectivity index (χ3n) is 16.9. The number of halogens is 2. The van der Waals surface area contributed by atoms with E-state index in [1.165, 1.54) is 21.9 Å². The second-order valence-electron chi connectivity index (χ2n) is 25.9. The Morgan fingerprint density at radius 3 is 2.17 bits per heavy atom. The van der Waals surface area contributed by atoms with Crippen molar-refractivity contribution in [3.63, 3.8) is 0 Å². The van der Waals surface area contributed by atoms with Gasteiger partial charge in [0.15, 0.2) is 6.61 Å². The number of aromatic nitrogens is 1. The fourth-order valence-electron chi connectivity index (χ4n) is 11.6. The molecule has 0 bridgehead atoms. The molecule has 7 N–H and O–H groups in total. The quantitative estimate of drug-likeness (QED) is 0.0264. The summed E-state index contributed by atoms with van der Waals surface area (Å²) in [4.78, 5) is 128. The molecule has 0 unspecified atom stereocenters. The lowest BCUT2D eigenvalue weighted by Crippen LogP contribution is -2.61. The van der Waals surface area contributed by atoms with Crippen molar-refractivity contribution in [3.05, 3.63) is 141 Å². The number of carbonyl (C=O) groups is 7. The minimum atomic E-state index is -5.88. The highest BCUT2D eigenvalue weighted by atomic mass is 32.1. The van der Waals surface area contributed by atoms with Crippen molar-refractivity contribution in [2.24, 2.45) is 10.8 Å². The van der Waals surface area contributed by atoms with Crippen molar-refractivity contribution in [2.75, 3.05) is 39.4 Å². The number of β-amino-alcohol motifs (C(OH)–C–C–N with tert-alkyl or cyclic N) is 1. The van der Waals surface area contributed by atoms with E-state index in [1.54, 1.807) is 60.7 Å². The fraction of sp³-hybridized carbons (Fsp3) is 0.455. The van der Waals surface area contributed by atoms with Gasteiger partial charge in [-0.05, 0) is 101 Å². The zero-order valence-electron chi connectivity index (χ0n) is 52.6. The Hall–Kier alpha value is -7.51. The Labute approximate surface area is 540 Å². The molecule has 7 atom stereocenters. The van der Waals surface area contributed by atoms with Gasteiger partial charge in [0.25, 0.3) is 11.8 Å². The molecule has 492 valence electrons. The molecule has 2 fully saturated rings. The highest BCUT2D eigenvalue weighted by molar-refractivity contribution is 7.52. The van der Waals surface area contributed by atoms with Gasteiger partial charge in [-0.25, -0.2) is 4.98 Å². The minimum absolute atomic E-state index is 0.0342. The van der Waals surface area contributed by atoms with Crippen LogP contribution in [0.5, 0.6) is 5.75 Å². The number of morpholine rings is 1. The molecule has 3 aliphatic rings. The average Bonchev–Trinajstić information content (AvgIpc) is 1.21. The van der Waals surface area contributed by atoms with E-state index >= 15 is 4.79 Å². The van der Waals surface area contributed by atoms with Crippen LogP contribution in [0.2, 0.25) is 0 Å². The van der Waals surface area contributed by atoms with Gasteiger partial charge < -0.3 is 60.3 Å². The first-order chi connectivity index (χ1) is 43.4. The van der Waals surface area contributed by atoms with Crippen LogP contribution in [0.1, 0.15) is 129 Å². The SMILES string of the molecule is Cc1ncsc1-c1ccc([C@H](C)NC(=O)[C@@H]2C[C@@H](O)CN2C(=O)[C@@H](NC(=O)CCCCNC(=O)COc2ccc3c(c2)CN(C(=O)[C@@H](NC(=O)c2cc4cc(C(F)(F)P(=O)(O)O)ccc4s2)C(C)(C)C)[C@H](C(=O)N2CCO[C@H](c4ccccc4)C2)C3)C(C)(C)C)cc1. The number of rotatable bonds is 21. The number of aliphatic hydroxyl groups is 1. The summed E-state index contributed by atoms with van der Waals surface area (Å²) in [7, 11) is -5.88. The molecule has 0 saturated carbocycles. The summed E-state index contributed by atoms with van der Waals surface area (Å²) in [6, 6.07) is 22.1. The molecule has 2 saturated heterocycles. The number of amides is 7. The molecule has 21 nitrogen and oxygen atoms in total. The molecule has 0 radical (unpaired) electrons. The molecule has 4 aromatic carbocycles. The number of thiophene rings is 1. The number of carbonyl (C=O) groups excluding carboxylic acids is 7. The smallest absolute Gasteiger partial charge is 0.399 e. The molecular formula is C66H79F2N8O13PS2. The summed E-state index contributed by atoms with van der Waals surface area (Å²) in [6.45, 7) is 14.8. The Morgan fingerprint density at radius 1 is 0.804 bits per heavy atom. The van der Waals surface area contributed by atoms with Crippen LogP contribution in [0, 0.1) is 17.8 Å². The predicted molar refractivity (Wildman–Crippen MR) is 343 cm³/mol. The summed E-state index contributed by atoms with van der Waals surface area (Å²) < 4.78 is 53.5. The maximum absolute atomic E-state index is 15.2. The van der Waals surface area contributed by atoms with E-state index in [0.29, 0.717) is 28.9 Å². The number of alkyl halides is 2. The summed E-state index contributed by atoms with van der Waals surface area (Å²) in [5.41, 5.74) is -0.284. The Kier molecular flexibility index (Phi) is 21.2. The lowest BCUT2D eigenvalue weighted by molar-refractivity contribution is -0.153. The number of nitrogens with one attached hydrogen (secondary N) is 4. The number of hydrogen-bond acceptors (Lipinski definition) is 14. The van der Waals surface area contributed by atoms with E-state index in [2.05, 4.69) is 26.3 Å². The lowest BCUT2D eigenvalue weighted by Gasteiger charge is -2.43. The van der Waals surface area contributed by atoms with Crippen LogP contribution in [0.4, 0.5) is 8.78 Å². The number of thiazole rings is 1. The monoisotopic (exact) mass is 1320 g/mol. The highest BCUT2D eigenvalue weighted by Gasteiger charge is 2.51. The van der Waals surface area contributed by atoms with Crippen molar-refractivity contribution in [1.82, 2.24) is 41.0 Å². The van der Waals surface area contributed by atoms with E-state index in [4.69, 9.17) is 9.47 Å². The summed E-state index contributed by atoms with van der Waals surface area (Å²) >= 11 is 2.48. The molecule has 92 heavy (non-hydrogen) atoms. The van der Waals surface area contributed by atoms with Crippen molar-refractivity contribution in [1.29, 1.82) is 0 Å². The highest BCUT2D eigenvalue weighted by Crippen LogP contribution is 2.59. The molecule has 5 heterocycles. The molecular weight excluding hydrogens is 1250 g/mol. The van der Waals surface area contributed by atoms with Gasteiger partial charge in [0.1, 0.15) is 36.0 Å². The normalized spacial score (nSPS) is 18.9. The van der Waals surface area contributed by atoms with Crippen LogP contribution in [0.25, 0.3) is 20.5 Å². The minimum Gasteiger partial charge on any atom is -0.484 e. The largest absolute Gasteiger partial charge is 0.484 e. The summed E-state index contributed by atoms with van der Waals surface area (Å²) in [5, 5.41) is 22.4. The second-order valence-corrected chi connectivity index (χ2v) is 29.5. The first-order valence-electron chi connectivity index (χ1n) is 30.5. The maximum atomic E-state index is 15.2. The number of nitrogens with zero attached hydrogens (tertiary/aromatic N) is 4. The van der Waals surface area contributed by atoms with E-state index in [-0.39, 0.29) is 81.4 Å². The Bertz CT molecular complexity index is 3760. The Balaban J connectivity index is 0.802. The van der Waals surface area contributed by atoms with E-state index in [1.807, 2.05) is 89.2 Å². The number of fused-ring (bicyclic) bond motifs is 2. The van der Waals surface area contributed by atoms with Gasteiger partial charge in [-0.3, -0.25) is 38.1 Å². The van der Waals surface area contributed by atoms with Gasteiger partial charge in [0.05, 0.1) is 46.3 Å². The van der Waals surface area contributed by atoms with Crippen LogP contribution >= 0.6 is 30.3 Å². The molecule has 2 aromatic heterocycles. The van der Waals surface area contributed by atoms with Crippen molar-refractivity contribution < 1.29 is 71.3 Å². The van der Waals surface area contributed by atoms with Gasteiger partial charge >= 0.3 is 13.3 Å². The zero-order valence-corrected chi connectivity index (χ0v) is 55.1. The van der Waals surface area contributed by atoms with Crippen LogP contribution < -0.4 is 26.0 Å². The second kappa shape index (κ2) is 28.4. The van der Waals surface area contributed by atoms with Gasteiger partial charge in [-0.2, -0.15) is 8.78 Å². The molecule has 26 heteroatoms. The predicted octanol–water partition coefficient (Wildman–Crippen LogP) is 8.29. The van der Waals surface area contributed by atoms with Crippen LogP contribution in [0.15, 0.2) is 103 Å². The third-order valence-corrected chi connectivity index (χ3v) is 19.9. The van der Waals surface area contributed by atoms with Crippen molar-refractivity contribution in [3.8, 4) is 16.2 Å². The van der Waals surface area contributed by atoms with Crippen LogP contribution in [0.3, 0.4) is 0 Å². The van der Waals surface area contributed by atoms with E-state index < -0.39 is 108 Å². The van der Waals surface area contributed by atoms with E-state index in [9.17, 15) is 57.0 Å². The number of likely N-dealkylation sites (tertiary alicyclic amines) is 1.